The van der Waals surface area contributed by atoms with Crippen LogP contribution in [0.15, 0.2) is 23.4 Å². The van der Waals surface area contributed by atoms with Gasteiger partial charge in [0.25, 0.3) is 0 Å². The average molecular weight is 258 g/mol. The zero-order chi connectivity index (χ0) is 12.2. The Kier molecular flexibility index (Phi) is 5.13. The molecule has 1 unspecified atom stereocenters. The lowest BCUT2D eigenvalue weighted by molar-refractivity contribution is 0.586. The smallest absolute Gasteiger partial charge is 0.0962 e. The average Bonchev–Trinajstić information content (AvgIpc) is 2.17. The Morgan fingerprint density at radius 2 is 2.06 bits per heavy atom. The molecule has 0 fully saturated rings. The molecule has 90 valence electrons. The van der Waals surface area contributed by atoms with E-state index in [4.69, 9.17) is 11.6 Å². The second-order valence-electron chi connectivity index (χ2n) is 5.04. The highest BCUT2D eigenvalue weighted by Crippen LogP contribution is 2.26. The molecular formula is C13H20ClNS. The molecule has 0 radical (unpaired) electrons. The van der Waals surface area contributed by atoms with Crippen molar-refractivity contribution in [3.8, 4) is 0 Å². The van der Waals surface area contributed by atoms with Crippen LogP contribution in [0.1, 0.15) is 39.7 Å². The summed E-state index contributed by atoms with van der Waals surface area (Å²) in [4.78, 5) is 4.49. The summed E-state index contributed by atoms with van der Waals surface area (Å²) in [5.41, 5.74) is 1.46. The van der Waals surface area contributed by atoms with Gasteiger partial charge in [-0.15, -0.1) is 23.4 Å². The second kappa shape index (κ2) is 5.92. The third-order valence-corrected chi connectivity index (χ3v) is 3.78. The Morgan fingerprint density at radius 3 is 2.50 bits per heavy atom. The van der Waals surface area contributed by atoms with Gasteiger partial charge in [0.1, 0.15) is 0 Å². The van der Waals surface area contributed by atoms with Gasteiger partial charge in [-0.3, -0.25) is 0 Å². The number of nitrogens with zero attached hydrogens (tertiary/aromatic N) is 1. The first-order valence-electron chi connectivity index (χ1n) is 5.62. The Morgan fingerprint density at radius 1 is 1.38 bits per heavy atom. The first-order valence-corrected chi connectivity index (χ1v) is 7.04. The molecule has 1 atom stereocenters. The van der Waals surface area contributed by atoms with E-state index in [0.717, 1.165) is 11.4 Å². The Balaban J connectivity index is 2.65. The van der Waals surface area contributed by atoms with Gasteiger partial charge >= 0.3 is 0 Å². The molecule has 1 nitrogen and oxygen atoms in total. The number of pyridine rings is 1. The number of halogens is 1. The third-order valence-electron chi connectivity index (χ3n) is 2.44. The molecule has 1 aromatic rings. The maximum Gasteiger partial charge on any atom is 0.0962 e. The van der Waals surface area contributed by atoms with Crippen LogP contribution in [0.3, 0.4) is 0 Å². The molecule has 0 amide bonds. The number of rotatable bonds is 4. The van der Waals surface area contributed by atoms with Gasteiger partial charge in [-0.2, -0.15) is 0 Å². The predicted molar refractivity (Wildman–Crippen MR) is 73.6 cm³/mol. The van der Waals surface area contributed by atoms with Crippen LogP contribution < -0.4 is 0 Å². The summed E-state index contributed by atoms with van der Waals surface area (Å²) in [6.45, 7) is 8.79. The Bertz CT molecular complexity index is 316. The molecule has 0 N–H and O–H groups in total. The maximum atomic E-state index is 5.71. The summed E-state index contributed by atoms with van der Waals surface area (Å²) in [6.07, 6.45) is 3.00. The van der Waals surface area contributed by atoms with Gasteiger partial charge in [0, 0.05) is 17.3 Å². The topological polar surface area (TPSA) is 12.9 Å². The van der Waals surface area contributed by atoms with E-state index in [0.29, 0.717) is 11.1 Å². The molecule has 0 saturated heterocycles. The zero-order valence-corrected chi connectivity index (χ0v) is 12.0. The van der Waals surface area contributed by atoms with Gasteiger partial charge in [0.2, 0.25) is 0 Å². The lowest BCUT2D eigenvalue weighted by Crippen LogP contribution is -2.11. The summed E-state index contributed by atoms with van der Waals surface area (Å²) in [5.74, 6) is 0.717. The van der Waals surface area contributed by atoms with Crippen molar-refractivity contribution >= 4 is 23.4 Å². The third kappa shape index (κ3) is 4.34. The summed E-state index contributed by atoms with van der Waals surface area (Å²) in [5, 5.41) is 1.62. The molecule has 1 aromatic heterocycles. The molecule has 0 aliphatic heterocycles. The van der Waals surface area contributed by atoms with Crippen LogP contribution in [0.4, 0.5) is 0 Å². The van der Waals surface area contributed by atoms with Gasteiger partial charge in [-0.25, -0.2) is 4.98 Å². The highest BCUT2D eigenvalue weighted by Gasteiger charge is 2.14. The maximum absolute atomic E-state index is 5.71. The summed E-state index contributed by atoms with van der Waals surface area (Å²) in [6, 6.07) is 4.28. The summed E-state index contributed by atoms with van der Waals surface area (Å²) >= 11 is 7.51. The van der Waals surface area contributed by atoms with Crippen LogP contribution in [-0.4, -0.2) is 16.1 Å². The molecule has 3 heteroatoms. The van der Waals surface area contributed by atoms with E-state index >= 15 is 0 Å². The molecule has 1 rings (SSSR count). The van der Waals surface area contributed by atoms with Gasteiger partial charge in [-0.05, 0) is 23.5 Å². The number of alkyl halides is 1. The van der Waals surface area contributed by atoms with Crippen LogP contribution in [0.5, 0.6) is 0 Å². The summed E-state index contributed by atoms with van der Waals surface area (Å²) in [7, 11) is 0. The fraction of sp³-hybridized carbons (Fsp3) is 0.615. The molecule has 16 heavy (non-hydrogen) atoms. The monoisotopic (exact) mass is 257 g/mol. The zero-order valence-electron chi connectivity index (χ0n) is 10.5. The van der Waals surface area contributed by atoms with Crippen molar-refractivity contribution in [2.24, 2.45) is 0 Å². The van der Waals surface area contributed by atoms with Gasteiger partial charge in [0.15, 0.2) is 0 Å². The van der Waals surface area contributed by atoms with E-state index in [2.05, 4.69) is 44.8 Å². The van der Waals surface area contributed by atoms with Crippen molar-refractivity contribution < 1.29 is 0 Å². The van der Waals surface area contributed by atoms with E-state index in [1.165, 1.54) is 5.56 Å². The lowest BCUT2D eigenvalue weighted by atomic mass is 9.88. The molecule has 0 aromatic carbocycles. The van der Waals surface area contributed by atoms with Crippen molar-refractivity contribution in [2.75, 3.05) is 5.88 Å². The predicted octanol–water partition coefficient (Wildman–Crippen LogP) is 4.49. The van der Waals surface area contributed by atoms with Crippen LogP contribution >= 0.6 is 23.4 Å². The minimum atomic E-state index is 0.179. The van der Waals surface area contributed by atoms with E-state index in [-0.39, 0.29) is 5.41 Å². The number of hydrogen-bond donors (Lipinski definition) is 0. The van der Waals surface area contributed by atoms with Gasteiger partial charge in [0.05, 0.1) is 5.03 Å². The van der Waals surface area contributed by atoms with Crippen LogP contribution in [0, 0.1) is 0 Å². The molecule has 1 heterocycles. The second-order valence-corrected chi connectivity index (χ2v) is 6.88. The van der Waals surface area contributed by atoms with Crippen molar-refractivity contribution in [2.45, 2.75) is 49.8 Å². The molecule has 0 aliphatic carbocycles. The Labute approximate surface area is 108 Å². The fourth-order valence-electron chi connectivity index (χ4n) is 1.31. The quantitative estimate of drug-likeness (QED) is 0.582. The molecular weight excluding hydrogens is 238 g/mol. The van der Waals surface area contributed by atoms with Crippen LogP contribution in [-0.2, 0) is 5.41 Å². The summed E-state index contributed by atoms with van der Waals surface area (Å²) < 4.78 is 0. The molecule has 0 saturated carbocycles. The van der Waals surface area contributed by atoms with Crippen LogP contribution in [0.2, 0.25) is 0 Å². The minimum Gasteiger partial charge on any atom is -0.250 e. The van der Waals surface area contributed by atoms with Gasteiger partial charge < -0.3 is 0 Å². The van der Waals surface area contributed by atoms with Crippen molar-refractivity contribution in [1.82, 2.24) is 4.98 Å². The number of thioether (sulfide) groups is 1. The lowest BCUT2D eigenvalue weighted by Gasteiger charge is -2.18. The Hall–Kier alpha value is -0.210. The normalized spacial score (nSPS) is 13.8. The van der Waals surface area contributed by atoms with Crippen molar-refractivity contribution in [3.05, 3.63) is 23.9 Å². The highest BCUT2D eigenvalue weighted by atomic mass is 35.5. The largest absolute Gasteiger partial charge is 0.250 e. The number of hydrogen-bond acceptors (Lipinski definition) is 2. The van der Waals surface area contributed by atoms with Crippen molar-refractivity contribution in [3.63, 3.8) is 0 Å². The highest BCUT2D eigenvalue weighted by molar-refractivity contribution is 7.99. The van der Waals surface area contributed by atoms with E-state index < -0.39 is 0 Å². The van der Waals surface area contributed by atoms with Crippen molar-refractivity contribution in [1.29, 1.82) is 0 Å². The van der Waals surface area contributed by atoms with Crippen LogP contribution in [0.25, 0.3) is 0 Å². The SMILES string of the molecule is CC(CCCl)Sc1ccc(C(C)(C)C)cn1. The minimum absolute atomic E-state index is 0.179. The first-order chi connectivity index (χ1) is 7.43. The standard InChI is InChI=1S/C13H20ClNS/c1-10(7-8-14)16-12-6-5-11(9-15-12)13(2,3)4/h5-6,9-10H,7-8H2,1-4H3. The van der Waals surface area contributed by atoms with E-state index in [1.54, 1.807) is 11.8 Å². The fourth-order valence-corrected chi connectivity index (χ4v) is 2.68. The number of aromatic nitrogens is 1. The molecule has 0 bridgehead atoms. The first kappa shape index (κ1) is 13.9. The van der Waals surface area contributed by atoms with E-state index in [1.807, 2.05) is 6.20 Å². The molecule has 0 aliphatic rings. The van der Waals surface area contributed by atoms with Gasteiger partial charge in [-0.1, -0.05) is 33.8 Å². The van der Waals surface area contributed by atoms with E-state index in [9.17, 15) is 0 Å². The molecule has 0 spiro atoms.